The molecule has 2 rings (SSSR count). The van der Waals surface area contributed by atoms with Gasteiger partial charge in [-0.05, 0) is 45.2 Å². The highest BCUT2D eigenvalue weighted by atomic mass is 16.4. The quantitative estimate of drug-likeness (QED) is 0.763. The zero-order valence-electron chi connectivity index (χ0n) is 10.7. The summed E-state index contributed by atoms with van der Waals surface area (Å²) in [5, 5.41) is 11.9. The monoisotopic (exact) mass is 254 g/mol. The average molecular weight is 254 g/mol. The molecule has 5 nitrogen and oxygen atoms in total. The van der Waals surface area contributed by atoms with E-state index < -0.39 is 5.97 Å². The van der Waals surface area contributed by atoms with Gasteiger partial charge >= 0.3 is 5.97 Å². The minimum Gasteiger partial charge on any atom is -0.481 e. The Bertz CT molecular complexity index is 313. The number of carboxylic acids is 1. The van der Waals surface area contributed by atoms with Crippen molar-refractivity contribution in [3.05, 3.63) is 0 Å². The van der Waals surface area contributed by atoms with Gasteiger partial charge in [-0.2, -0.15) is 0 Å². The summed E-state index contributed by atoms with van der Waals surface area (Å²) in [6, 6.07) is 0.0668. The summed E-state index contributed by atoms with van der Waals surface area (Å²) in [4.78, 5) is 24.9. The van der Waals surface area contributed by atoms with Gasteiger partial charge < -0.3 is 15.3 Å². The van der Waals surface area contributed by atoms with Crippen LogP contribution in [-0.2, 0) is 9.59 Å². The Labute approximate surface area is 108 Å². The van der Waals surface area contributed by atoms with Gasteiger partial charge in [0.2, 0.25) is 5.91 Å². The standard InChI is InChI=1S/C13H22N2O3/c16-12(5-8-15-6-1-2-7-15)14-11-4-3-10(9-11)13(17)18/h10-11H,1-9H2,(H,14,16)(H,17,18). The number of likely N-dealkylation sites (tertiary alicyclic amines) is 1. The Hall–Kier alpha value is -1.10. The first-order valence-corrected chi connectivity index (χ1v) is 6.89. The van der Waals surface area contributed by atoms with E-state index in [1.807, 2.05) is 0 Å². The van der Waals surface area contributed by atoms with Gasteiger partial charge in [0.1, 0.15) is 0 Å². The molecule has 1 aliphatic carbocycles. The van der Waals surface area contributed by atoms with Gasteiger partial charge in [0, 0.05) is 19.0 Å². The molecule has 2 aliphatic rings. The molecule has 1 aliphatic heterocycles. The van der Waals surface area contributed by atoms with E-state index in [9.17, 15) is 9.59 Å². The lowest BCUT2D eigenvalue weighted by Gasteiger charge is -2.16. The molecule has 2 N–H and O–H groups in total. The highest BCUT2D eigenvalue weighted by molar-refractivity contribution is 5.77. The lowest BCUT2D eigenvalue weighted by atomic mass is 10.1. The molecular formula is C13H22N2O3. The third-order valence-corrected chi connectivity index (χ3v) is 4.00. The molecule has 5 heteroatoms. The maximum atomic E-state index is 11.7. The molecular weight excluding hydrogens is 232 g/mol. The van der Waals surface area contributed by atoms with Crippen molar-refractivity contribution >= 4 is 11.9 Å². The smallest absolute Gasteiger partial charge is 0.306 e. The van der Waals surface area contributed by atoms with Gasteiger partial charge in [-0.15, -0.1) is 0 Å². The molecule has 0 aromatic rings. The molecule has 0 spiro atoms. The zero-order valence-corrected chi connectivity index (χ0v) is 10.7. The van der Waals surface area contributed by atoms with Gasteiger partial charge in [0.05, 0.1) is 5.92 Å². The first-order chi connectivity index (χ1) is 8.65. The molecule has 0 aromatic heterocycles. The fourth-order valence-electron chi connectivity index (χ4n) is 2.90. The fraction of sp³-hybridized carbons (Fsp3) is 0.846. The molecule has 1 saturated heterocycles. The lowest BCUT2D eigenvalue weighted by Crippen LogP contribution is -2.35. The summed E-state index contributed by atoms with van der Waals surface area (Å²) in [6.45, 7) is 3.05. The van der Waals surface area contributed by atoms with Crippen LogP contribution in [-0.4, -0.2) is 47.6 Å². The van der Waals surface area contributed by atoms with Crippen molar-refractivity contribution in [2.75, 3.05) is 19.6 Å². The molecule has 0 aromatic carbocycles. The molecule has 2 fully saturated rings. The fourth-order valence-corrected chi connectivity index (χ4v) is 2.90. The number of nitrogens with zero attached hydrogens (tertiary/aromatic N) is 1. The van der Waals surface area contributed by atoms with Crippen LogP contribution in [0.15, 0.2) is 0 Å². The Kier molecular flexibility index (Phi) is 4.58. The van der Waals surface area contributed by atoms with Crippen molar-refractivity contribution in [2.24, 2.45) is 5.92 Å². The van der Waals surface area contributed by atoms with Crippen LogP contribution in [0.2, 0.25) is 0 Å². The summed E-state index contributed by atoms with van der Waals surface area (Å²) in [5.74, 6) is -0.935. The van der Waals surface area contributed by atoms with E-state index in [0.29, 0.717) is 19.3 Å². The van der Waals surface area contributed by atoms with Crippen LogP contribution in [0.1, 0.15) is 38.5 Å². The molecule has 2 unspecified atom stereocenters. The number of carboxylic acid groups (broad SMARTS) is 1. The Morgan fingerprint density at radius 2 is 1.94 bits per heavy atom. The molecule has 0 bridgehead atoms. The second-order valence-corrected chi connectivity index (χ2v) is 5.41. The number of aliphatic carboxylic acids is 1. The van der Waals surface area contributed by atoms with E-state index in [2.05, 4.69) is 10.2 Å². The second-order valence-electron chi connectivity index (χ2n) is 5.41. The number of carbonyl (C=O) groups excluding carboxylic acids is 1. The number of nitrogens with one attached hydrogen (secondary N) is 1. The van der Waals surface area contributed by atoms with E-state index >= 15 is 0 Å². The van der Waals surface area contributed by atoms with E-state index in [-0.39, 0.29) is 17.9 Å². The lowest BCUT2D eigenvalue weighted by molar-refractivity contribution is -0.141. The van der Waals surface area contributed by atoms with Crippen molar-refractivity contribution < 1.29 is 14.7 Å². The topological polar surface area (TPSA) is 69.6 Å². The third-order valence-electron chi connectivity index (χ3n) is 4.00. The largest absolute Gasteiger partial charge is 0.481 e. The minimum atomic E-state index is -0.733. The van der Waals surface area contributed by atoms with Crippen LogP contribution in [0.3, 0.4) is 0 Å². The molecule has 2 atom stereocenters. The summed E-state index contributed by atoms with van der Waals surface area (Å²) in [7, 11) is 0. The minimum absolute atomic E-state index is 0.0668. The van der Waals surface area contributed by atoms with Crippen LogP contribution in [0.4, 0.5) is 0 Å². The van der Waals surface area contributed by atoms with Crippen molar-refractivity contribution in [3.63, 3.8) is 0 Å². The van der Waals surface area contributed by atoms with E-state index in [0.717, 1.165) is 26.1 Å². The number of rotatable bonds is 5. The number of hydrogen-bond acceptors (Lipinski definition) is 3. The van der Waals surface area contributed by atoms with E-state index in [1.54, 1.807) is 0 Å². The molecule has 18 heavy (non-hydrogen) atoms. The molecule has 1 amide bonds. The van der Waals surface area contributed by atoms with Crippen LogP contribution in [0.25, 0.3) is 0 Å². The Balaban J connectivity index is 1.63. The normalized spacial score (nSPS) is 28.4. The van der Waals surface area contributed by atoms with Gasteiger partial charge in [0.25, 0.3) is 0 Å². The van der Waals surface area contributed by atoms with E-state index in [4.69, 9.17) is 5.11 Å². The highest BCUT2D eigenvalue weighted by Gasteiger charge is 2.30. The van der Waals surface area contributed by atoms with Crippen molar-refractivity contribution in [3.8, 4) is 0 Å². The predicted octanol–water partition coefficient (Wildman–Crippen LogP) is 0.842. The zero-order chi connectivity index (χ0) is 13.0. The number of amides is 1. The third kappa shape index (κ3) is 3.70. The second kappa shape index (κ2) is 6.18. The Morgan fingerprint density at radius 3 is 2.56 bits per heavy atom. The highest BCUT2D eigenvalue weighted by Crippen LogP contribution is 2.25. The SMILES string of the molecule is O=C(CCN1CCCC1)NC1CCC(C(=O)O)C1. The van der Waals surface area contributed by atoms with Gasteiger partial charge in [-0.1, -0.05) is 0 Å². The van der Waals surface area contributed by atoms with Crippen molar-refractivity contribution in [2.45, 2.75) is 44.6 Å². The molecule has 0 radical (unpaired) electrons. The predicted molar refractivity (Wildman–Crippen MR) is 67.2 cm³/mol. The van der Waals surface area contributed by atoms with E-state index in [1.165, 1.54) is 12.8 Å². The molecule has 1 saturated carbocycles. The first kappa shape index (κ1) is 13.3. The van der Waals surface area contributed by atoms with Crippen LogP contribution in [0.5, 0.6) is 0 Å². The van der Waals surface area contributed by atoms with Crippen molar-refractivity contribution in [1.82, 2.24) is 10.2 Å². The summed E-state index contributed by atoms with van der Waals surface area (Å²) in [5.41, 5.74) is 0. The van der Waals surface area contributed by atoms with Gasteiger partial charge in [-0.25, -0.2) is 0 Å². The summed E-state index contributed by atoms with van der Waals surface area (Å²) >= 11 is 0. The average Bonchev–Trinajstić information content (AvgIpc) is 2.96. The summed E-state index contributed by atoms with van der Waals surface area (Å²) < 4.78 is 0. The van der Waals surface area contributed by atoms with Crippen molar-refractivity contribution in [1.29, 1.82) is 0 Å². The molecule has 102 valence electrons. The molecule has 1 heterocycles. The van der Waals surface area contributed by atoms with Crippen LogP contribution < -0.4 is 5.32 Å². The Morgan fingerprint density at radius 1 is 1.22 bits per heavy atom. The van der Waals surface area contributed by atoms with Gasteiger partial charge in [0.15, 0.2) is 0 Å². The first-order valence-electron chi connectivity index (χ1n) is 6.89. The van der Waals surface area contributed by atoms with Crippen LogP contribution >= 0.6 is 0 Å². The maximum absolute atomic E-state index is 11.7. The number of carbonyl (C=O) groups is 2. The number of hydrogen-bond donors (Lipinski definition) is 2. The van der Waals surface area contributed by atoms with Gasteiger partial charge in [-0.3, -0.25) is 9.59 Å². The summed E-state index contributed by atoms with van der Waals surface area (Å²) in [6.07, 6.45) is 5.09. The van der Waals surface area contributed by atoms with Crippen LogP contribution in [0, 0.1) is 5.92 Å². The maximum Gasteiger partial charge on any atom is 0.306 e.